The van der Waals surface area contributed by atoms with Crippen molar-refractivity contribution in [2.75, 3.05) is 14.2 Å². The highest BCUT2D eigenvalue weighted by molar-refractivity contribution is 7.12. The third-order valence-electron chi connectivity index (χ3n) is 2.85. The number of hydrazone groups is 1. The molecule has 0 atom stereocenters. The summed E-state index contributed by atoms with van der Waals surface area (Å²) < 4.78 is 15.5. The van der Waals surface area contributed by atoms with Gasteiger partial charge in [0.1, 0.15) is 0 Å². The average Bonchev–Trinajstić information content (AvgIpc) is 3.09. The number of esters is 1. The fourth-order valence-corrected chi connectivity index (χ4v) is 2.46. The Labute approximate surface area is 142 Å². The van der Waals surface area contributed by atoms with Crippen molar-refractivity contribution in [2.24, 2.45) is 5.10 Å². The van der Waals surface area contributed by atoms with Gasteiger partial charge < -0.3 is 14.2 Å². The second kappa shape index (κ2) is 8.11. The maximum absolute atomic E-state index is 11.8. The Morgan fingerprint density at radius 3 is 2.38 bits per heavy atom. The molecular formula is C16H16N2O5S. The monoisotopic (exact) mass is 348 g/mol. The van der Waals surface area contributed by atoms with E-state index in [0.29, 0.717) is 21.9 Å². The molecule has 0 fully saturated rings. The predicted molar refractivity (Wildman–Crippen MR) is 90.2 cm³/mol. The van der Waals surface area contributed by atoms with Crippen molar-refractivity contribution < 1.29 is 23.8 Å². The average molecular weight is 348 g/mol. The van der Waals surface area contributed by atoms with Gasteiger partial charge in [-0.1, -0.05) is 6.07 Å². The van der Waals surface area contributed by atoms with E-state index in [1.54, 1.807) is 24.3 Å². The van der Waals surface area contributed by atoms with Gasteiger partial charge in [-0.15, -0.1) is 11.3 Å². The van der Waals surface area contributed by atoms with Crippen LogP contribution in [0.2, 0.25) is 0 Å². The molecule has 2 rings (SSSR count). The van der Waals surface area contributed by atoms with Gasteiger partial charge in [0, 0.05) is 12.5 Å². The predicted octanol–water partition coefficient (Wildman–Crippen LogP) is 2.45. The molecule has 1 aromatic heterocycles. The van der Waals surface area contributed by atoms with Crippen LogP contribution in [0, 0.1) is 0 Å². The fourth-order valence-electron chi connectivity index (χ4n) is 1.85. The third kappa shape index (κ3) is 4.32. The number of rotatable bonds is 6. The molecule has 1 amide bonds. The van der Waals surface area contributed by atoms with Crippen LogP contribution in [-0.4, -0.2) is 32.3 Å². The highest BCUT2D eigenvalue weighted by Gasteiger charge is 2.15. The zero-order valence-corrected chi connectivity index (χ0v) is 14.2. The van der Waals surface area contributed by atoms with Crippen LogP contribution in [0.3, 0.4) is 0 Å². The van der Waals surface area contributed by atoms with Crippen molar-refractivity contribution in [3.63, 3.8) is 0 Å². The molecule has 0 aliphatic carbocycles. The van der Waals surface area contributed by atoms with Crippen LogP contribution in [-0.2, 0) is 4.79 Å². The summed E-state index contributed by atoms with van der Waals surface area (Å²) in [7, 11) is 2.89. The largest absolute Gasteiger partial charge is 0.493 e. The number of carbonyl (C=O) groups excluding carboxylic acids is 2. The molecule has 0 spiro atoms. The normalized spacial score (nSPS) is 10.5. The van der Waals surface area contributed by atoms with E-state index in [-0.39, 0.29) is 11.7 Å². The number of nitrogens with zero attached hydrogens (tertiary/aromatic N) is 1. The van der Waals surface area contributed by atoms with E-state index in [4.69, 9.17) is 14.2 Å². The second-order valence-electron chi connectivity index (χ2n) is 4.52. The molecule has 0 unspecified atom stereocenters. The van der Waals surface area contributed by atoms with E-state index in [1.807, 2.05) is 5.38 Å². The fraction of sp³-hybridized carbons (Fsp3) is 0.188. The Bertz CT molecular complexity index is 731. The molecule has 24 heavy (non-hydrogen) atoms. The topological polar surface area (TPSA) is 86.2 Å². The van der Waals surface area contributed by atoms with Crippen LogP contribution in [0.5, 0.6) is 17.2 Å². The van der Waals surface area contributed by atoms with Gasteiger partial charge in [0.25, 0.3) is 5.91 Å². The van der Waals surface area contributed by atoms with E-state index in [0.717, 1.165) is 0 Å². The Morgan fingerprint density at radius 1 is 1.21 bits per heavy atom. The highest BCUT2D eigenvalue weighted by atomic mass is 32.1. The maximum Gasteiger partial charge on any atom is 0.308 e. The van der Waals surface area contributed by atoms with Gasteiger partial charge >= 0.3 is 5.97 Å². The molecule has 0 aliphatic heterocycles. The maximum atomic E-state index is 11.8. The number of benzene rings is 1. The molecule has 7 nitrogen and oxygen atoms in total. The number of hydrogen-bond donors (Lipinski definition) is 1. The van der Waals surface area contributed by atoms with E-state index < -0.39 is 5.97 Å². The van der Waals surface area contributed by atoms with E-state index in [1.165, 1.54) is 38.7 Å². The first-order valence-electron chi connectivity index (χ1n) is 6.86. The second-order valence-corrected chi connectivity index (χ2v) is 5.47. The van der Waals surface area contributed by atoms with E-state index in [9.17, 15) is 9.59 Å². The lowest BCUT2D eigenvalue weighted by molar-refractivity contribution is -0.132. The molecule has 0 saturated heterocycles. The van der Waals surface area contributed by atoms with Crippen molar-refractivity contribution in [1.82, 2.24) is 5.43 Å². The van der Waals surface area contributed by atoms with E-state index in [2.05, 4.69) is 10.5 Å². The van der Waals surface area contributed by atoms with Gasteiger partial charge in [-0.3, -0.25) is 9.59 Å². The van der Waals surface area contributed by atoms with Gasteiger partial charge in [0.05, 0.1) is 25.3 Å². The lowest BCUT2D eigenvalue weighted by atomic mass is 10.2. The number of methoxy groups -OCH3 is 2. The molecule has 0 saturated carbocycles. The van der Waals surface area contributed by atoms with Crippen LogP contribution in [0.25, 0.3) is 0 Å². The van der Waals surface area contributed by atoms with Crippen molar-refractivity contribution in [3.05, 3.63) is 40.1 Å². The first-order chi connectivity index (χ1) is 11.5. The summed E-state index contributed by atoms with van der Waals surface area (Å²) in [5, 5.41) is 5.71. The van der Waals surface area contributed by atoms with Crippen molar-refractivity contribution in [2.45, 2.75) is 6.92 Å². The lowest BCUT2D eigenvalue weighted by Gasteiger charge is -2.13. The zero-order chi connectivity index (χ0) is 17.5. The van der Waals surface area contributed by atoms with Crippen LogP contribution in [0.1, 0.15) is 22.2 Å². The van der Waals surface area contributed by atoms with Crippen LogP contribution >= 0.6 is 11.3 Å². The Morgan fingerprint density at radius 2 is 1.88 bits per heavy atom. The van der Waals surface area contributed by atoms with Gasteiger partial charge in [0.2, 0.25) is 5.75 Å². The van der Waals surface area contributed by atoms with Crippen LogP contribution in [0.4, 0.5) is 0 Å². The highest BCUT2D eigenvalue weighted by Crippen LogP contribution is 2.38. The molecular weight excluding hydrogens is 332 g/mol. The van der Waals surface area contributed by atoms with Gasteiger partial charge in [0.15, 0.2) is 11.5 Å². The summed E-state index contributed by atoms with van der Waals surface area (Å²) in [5.41, 5.74) is 3.03. The SMILES string of the molecule is COc1cc(/C=N\NC(=O)c2cccs2)cc(OC)c1OC(C)=O. The summed E-state index contributed by atoms with van der Waals surface area (Å²) in [4.78, 5) is 23.5. The van der Waals surface area contributed by atoms with Gasteiger partial charge in [-0.05, 0) is 23.6 Å². The molecule has 1 heterocycles. The molecule has 0 aliphatic rings. The molecule has 8 heteroatoms. The minimum absolute atomic E-state index is 0.187. The summed E-state index contributed by atoms with van der Waals surface area (Å²) in [6.07, 6.45) is 1.44. The number of ether oxygens (including phenoxy) is 3. The minimum atomic E-state index is -0.490. The summed E-state index contributed by atoms with van der Waals surface area (Å²) in [6, 6.07) is 6.71. The molecule has 126 valence electrons. The third-order valence-corrected chi connectivity index (χ3v) is 3.72. The minimum Gasteiger partial charge on any atom is -0.493 e. The summed E-state index contributed by atoms with van der Waals surface area (Å²) >= 11 is 1.32. The smallest absolute Gasteiger partial charge is 0.308 e. The van der Waals surface area contributed by atoms with E-state index >= 15 is 0 Å². The number of carbonyl (C=O) groups is 2. The van der Waals surface area contributed by atoms with Gasteiger partial charge in [-0.25, -0.2) is 5.43 Å². The van der Waals surface area contributed by atoms with Crippen LogP contribution < -0.4 is 19.6 Å². The quantitative estimate of drug-likeness (QED) is 0.375. The molecule has 0 bridgehead atoms. The molecule has 2 aromatic rings. The van der Waals surface area contributed by atoms with Crippen LogP contribution in [0.15, 0.2) is 34.7 Å². The number of nitrogens with one attached hydrogen (secondary N) is 1. The molecule has 1 aromatic carbocycles. The molecule has 0 radical (unpaired) electrons. The molecule has 1 N–H and O–H groups in total. The first kappa shape index (κ1) is 17.5. The lowest BCUT2D eigenvalue weighted by Crippen LogP contribution is -2.16. The Hall–Kier alpha value is -2.87. The Balaban J connectivity index is 2.19. The van der Waals surface area contributed by atoms with Crippen molar-refractivity contribution >= 4 is 29.4 Å². The van der Waals surface area contributed by atoms with Gasteiger partial charge in [-0.2, -0.15) is 5.10 Å². The number of amides is 1. The number of hydrogen-bond acceptors (Lipinski definition) is 7. The first-order valence-corrected chi connectivity index (χ1v) is 7.74. The summed E-state index contributed by atoms with van der Waals surface area (Å²) in [5.74, 6) is 0.0337. The summed E-state index contributed by atoms with van der Waals surface area (Å²) in [6.45, 7) is 1.29. The standard InChI is InChI=1S/C16H16N2O5S/c1-10(19)23-15-12(21-2)7-11(8-13(15)22-3)9-17-18-16(20)14-5-4-6-24-14/h4-9H,1-3H3,(H,18,20)/b17-9-. The zero-order valence-electron chi connectivity index (χ0n) is 13.4. The number of thiophene rings is 1. The van der Waals surface area contributed by atoms with Crippen molar-refractivity contribution in [3.8, 4) is 17.2 Å². The van der Waals surface area contributed by atoms with Crippen molar-refractivity contribution in [1.29, 1.82) is 0 Å². The Kier molecular flexibility index (Phi) is 5.91.